The summed E-state index contributed by atoms with van der Waals surface area (Å²) in [5, 5.41) is 2.61. The number of piperidine rings is 1. The summed E-state index contributed by atoms with van der Waals surface area (Å²) in [5.41, 5.74) is 0. The Hall–Kier alpha value is -1.06. The Labute approximate surface area is 91.0 Å². The van der Waals surface area contributed by atoms with Gasteiger partial charge in [0.25, 0.3) is 0 Å². The summed E-state index contributed by atoms with van der Waals surface area (Å²) < 4.78 is 0. The lowest BCUT2D eigenvalue weighted by Crippen LogP contribution is -2.50. The van der Waals surface area contributed by atoms with Gasteiger partial charge in [-0.05, 0) is 25.2 Å². The van der Waals surface area contributed by atoms with Crippen molar-refractivity contribution in [1.82, 2.24) is 10.2 Å². The van der Waals surface area contributed by atoms with E-state index >= 15 is 0 Å². The highest BCUT2D eigenvalue weighted by atomic mass is 16.2. The number of likely N-dealkylation sites (tertiary alicyclic amines) is 1. The van der Waals surface area contributed by atoms with Gasteiger partial charge < -0.3 is 10.2 Å². The molecule has 15 heavy (non-hydrogen) atoms. The second-order valence-corrected chi connectivity index (χ2v) is 4.39. The fourth-order valence-corrected chi connectivity index (χ4v) is 1.93. The van der Waals surface area contributed by atoms with Gasteiger partial charge in [-0.3, -0.25) is 9.59 Å². The van der Waals surface area contributed by atoms with Gasteiger partial charge in [-0.25, -0.2) is 0 Å². The maximum Gasteiger partial charge on any atom is 0.245 e. The second-order valence-electron chi connectivity index (χ2n) is 4.39. The van der Waals surface area contributed by atoms with Crippen molar-refractivity contribution in [2.75, 3.05) is 13.1 Å². The number of nitrogens with zero attached hydrogens (tertiary/aromatic N) is 1. The van der Waals surface area contributed by atoms with Gasteiger partial charge in [0, 0.05) is 13.1 Å². The number of carbonyl (C=O) groups is 2. The van der Waals surface area contributed by atoms with Crippen molar-refractivity contribution >= 4 is 12.3 Å². The van der Waals surface area contributed by atoms with Gasteiger partial charge in [0.1, 0.15) is 6.04 Å². The van der Waals surface area contributed by atoms with Crippen molar-refractivity contribution < 1.29 is 9.59 Å². The molecule has 0 aromatic heterocycles. The van der Waals surface area contributed by atoms with E-state index in [4.69, 9.17) is 0 Å². The Balaban J connectivity index is 2.57. The highest BCUT2D eigenvalue weighted by molar-refractivity contribution is 5.84. The Morgan fingerprint density at radius 2 is 1.87 bits per heavy atom. The van der Waals surface area contributed by atoms with E-state index in [9.17, 15) is 9.59 Å². The Morgan fingerprint density at radius 3 is 2.33 bits per heavy atom. The molecule has 1 saturated heterocycles. The van der Waals surface area contributed by atoms with Crippen LogP contribution in [0.1, 0.15) is 33.1 Å². The van der Waals surface area contributed by atoms with Crippen molar-refractivity contribution in [3.63, 3.8) is 0 Å². The molecule has 1 fully saturated rings. The van der Waals surface area contributed by atoms with Crippen LogP contribution in [0.15, 0.2) is 0 Å². The van der Waals surface area contributed by atoms with E-state index in [-0.39, 0.29) is 17.9 Å². The molecule has 0 aromatic rings. The summed E-state index contributed by atoms with van der Waals surface area (Å²) in [6.07, 6.45) is 3.99. The van der Waals surface area contributed by atoms with Gasteiger partial charge in [-0.2, -0.15) is 0 Å². The normalized spacial score (nSPS) is 18.7. The molecule has 0 spiro atoms. The van der Waals surface area contributed by atoms with Crippen LogP contribution in [0.5, 0.6) is 0 Å². The van der Waals surface area contributed by atoms with Gasteiger partial charge in [-0.15, -0.1) is 0 Å². The smallest absolute Gasteiger partial charge is 0.245 e. The third-order valence-electron chi connectivity index (χ3n) is 2.85. The highest BCUT2D eigenvalue weighted by Gasteiger charge is 2.27. The Morgan fingerprint density at radius 1 is 1.27 bits per heavy atom. The quantitative estimate of drug-likeness (QED) is 0.700. The van der Waals surface area contributed by atoms with Crippen molar-refractivity contribution in [2.45, 2.75) is 39.2 Å². The van der Waals surface area contributed by atoms with Crippen molar-refractivity contribution in [2.24, 2.45) is 5.92 Å². The average molecular weight is 212 g/mol. The number of amides is 2. The molecule has 4 heteroatoms. The molecule has 0 radical (unpaired) electrons. The van der Waals surface area contributed by atoms with Crippen LogP contribution in [0.3, 0.4) is 0 Å². The minimum Gasteiger partial charge on any atom is -0.347 e. The molecule has 0 aliphatic carbocycles. The molecule has 1 heterocycles. The first-order valence-electron chi connectivity index (χ1n) is 5.65. The summed E-state index contributed by atoms with van der Waals surface area (Å²) in [6.45, 7) is 5.57. The lowest BCUT2D eigenvalue weighted by molar-refractivity contribution is -0.136. The molecule has 1 rings (SSSR count). The SMILES string of the molecule is CC(C)[C@H](NC=O)C(=O)N1CCCCC1. The molecule has 0 saturated carbocycles. The average Bonchev–Trinajstić information content (AvgIpc) is 2.26. The van der Waals surface area contributed by atoms with Crippen LogP contribution in [-0.4, -0.2) is 36.3 Å². The monoisotopic (exact) mass is 212 g/mol. The number of hydrogen-bond acceptors (Lipinski definition) is 2. The molecule has 2 amide bonds. The maximum atomic E-state index is 12.0. The topological polar surface area (TPSA) is 49.4 Å². The summed E-state index contributed by atoms with van der Waals surface area (Å²) in [5.74, 6) is 0.210. The predicted octanol–water partition coefficient (Wildman–Crippen LogP) is 0.769. The van der Waals surface area contributed by atoms with Crippen molar-refractivity contribution in [3.8, 4) is 0 Å². The summed E-state index contributed by atoms with van der Waals surface area (Å²) in [7, 11) is 0. The molecule has 0 unspecified atom stereocenters. The van der Waals surface area contributed by atoms with Gasteiger partial charge in [0.05, 0.1) is 0 Å². The van der Waals surface area contributed by atoms with Crippen LogP contribution in [-0.2, 0) is 9.59 Å². The van der Waals surface area contributed by atoms with E-state index in [0.29, 0.717) is 6.41 Å². The predicted molar refractivity (Wildman–Crippen MR) is 58.3 cm³/mol. The fourth-order valence-electron chi connectivity index (χ4n) is 1.93. The van der Waals surface area contributed by atoms with Crippen molar-refractivity contribution in [3.05, 3.63) is 0 Å². The molecule has 1 atom stereocenters. The van der Waals surface area contributed by atoms with Crippen molar-refractivity contribution in [1.29, 1.82) is 0 Å². The van der Waals surface area contributed by atoms with E-state index in [2.05, 4.69) is 5.32 Å². The van der Waals surface area contributed by atoms with Crippen LogP contribution >= 0.6 is 0 Å². The first-order valence-corrected chi connectivity index (χ1v) is 5.65. The molecule has 4 nitrogen and oxygen atoms in total. The lowest BCUT2D eigenvalue weighted by atomic mass is 10.0. The zero-order chi connectivity index (χ0) is 11.3. The molecule has 86 valence electrons. The second kappa shape index (κ2) is 5.73. The Kier molecular flexibility index (Phi) is 4.59. The van der Waals surface area contributed by atoms with Crippen LogP contribution in [0.4, 0.5) is 0 Å². The van der Waals surface area contributed by atoms with E-state index in [1.54, 1.807) is 0 Å². The van der Waals surface area contributed by atoms with Crippen LogP contribution in [0.25, 0.3) is 0 Å². The Bertz CT molecular complexity index is 223. The largest absolute Gasteiger partial charge is 0.347 e. The molecule has 0 bridgehead atoms. The molecule has 1 N–H and O–H groups in total. The van der Waals surface area contributed by atoms with E-state index in [0.717, 1.165) is 25.9 Å². The molecular formula is C11H20N2O2. The summed E-state index contributed by atoms with van der Waals surface area (Å²) in [6, 6.07) is -0.361. The van der Waals surface area contributed by atoms with Gasteiger partial charge in [0.2, 0.25) is 12.3 Å². The minimum absolute atomic E-state index is 0.0665. The standard InChI is InChI=1S/C11H20N2O2/c1-9(2)10(12-8-14)11(15)13-6-4-3-5-7-13/h8-10H,3-7H2,1-2H3,(H,12,14)/t10-/m0/s1. The van der Waals surface area contributed by atoms with Crippen LogP contribution in [0.2, 0.25) is 0 Å². The third kappa shape index (κ3) is 3.22. The molecule has 1 aliphatic rings. The number of rotatable bonds is 4. The highest BCUT2D eigenvalue weighted by Crippen LogP contribution is 2.12. The minimum atomic E-state index is -0.361. The maximum absolute atomic E-state index is 12.0. The lowest BCUT2D eigenvalue weighted by Gasteiger charge is -2.31. The zero-order valence-electron chi connectivity index (χ0n) is 9.53. The van der Waals surface area contributed by atoms with E-state index in [1.807, 2.05) is 18.7 Å². The molecule has 0 aromatic carbocycles. The van der Waals surface area contributed by atoms with Crippen LogP contribution < -0.4 is 5.32 Å². The van der Waals surface area contributed by atoms with Gasteiger partial charge >= 0.3 is 0 Å². The third-order valence-corrected chi connectivity index (χ3v) is 2.85. The fraction of sp³-hybridized carbons (Fsp3) is 0.818. The summed E-state index contributed by atoms with van der Waals surface area (Å²) in [4.78, 5) is 24.3. The number of hydrogen-bond donors (Lipinski definition) is 1. The molecule has 1 aliphatic heterocycles. The van der Waals surface area contributed by atoms with Gasteiger partial charge in [-0.1, -0.05) is 13.8 Å². The van der Waals surface area contributed by atoms with Crippen LogP contribution in [0, 0.1) is 5.92 Å². The number of carbonyl (C=O) groups excluding carboxylic acids is 2. The first-order chi connectivity index (χ1) is 7.16. The first kappa shape index (κ1) is 12.0. The summed E-state index contributed by atoms with van der Waals surface area (Å²) >= 11 is 0. The molecular weight excluding hydrogens is 192 g/mol. The number of nitrogens with one attached hydrogen (secondary N) is 1. The van der Waals surface area contributed by atoms with Gasteiger partial charge in [0.15, 0.2) is 0 Å². The van der Waals surface area contributed by atoms with E-state index < -0.39 is 0 Å². The zero-order valence-corrected chi connectivity index (χ0v) is 9.53. The van der Waals surface area contributed by atoms with E-state index in [1.165, 1.54) is 6.42 Å².